The Hall–Kier alpha value is -3.51. The first-order valence-electron chi connectivity index (χ1n) is 9.22. The minimum absolute atomic E-state index is 0.0105. The van der Waals surface area contributed by atoms with Gasteiger partial charge in [0.05, 0.1) is 16.0 Å². The molecule has 0 fully saturated rings. The third-order valence-electron chi connectivity index (χ3n) is 4.17. The van der Waals surface area contributed by atoms with E-state index in [0.717, 1.165) is 6.07 Å². The van der Waals surface area contributed by atoms with E-state index < -0.39 is 33.2 Å². The number of ether oxygens (including phenoxy) is 1. The molecule has 0 heterocycles. The molecule has 2 aromatic carbocycles. The maximum Gasteiger partial charge on any atom is 0.341 e. The van der Waals surface area contributed by atoms with Gasteiger partial charge in [0.1, 0.15) is 11.4 Å². The molecule has 12 heteroatoms. The Kier molecular flexibility index (Phi) is 8.05. The highest BCUT2D eigenvalue weighted by atomic mass is 32.2. The number of benzene rings is 2. The number of hydrogen-bond acceptors (Lipinski definition) is 8. The van der Waals surface area contributed by atoms with Gasteiger partial charge >= 0.3 is 5.97 Å². The summed E-state index contributed by atoms with van der Waals surface area (Å²) in [4.78, 5) is 21.3. The molecule has 0 aromatic heterocycles. The summed E-state index contributed by atoms with van der Waals surface area (Å²) < 4.78 is 31.6. The van der Waals surface area contributed by atoms with Crippen LogP contribution in [0.1, 0.15) is 19.4 Å². The van der Waals surface area contributed by atoms with E-state index >= 15 is 0 Å². The molecule has 2 rings (SSSR count). The van der Waals surface area contributed by atoms with Gasteiger partial charge in [0, 0.05) is 24.7 Å². The second-order valence-electron chi connectivity index (χ2n) is 6.12. The molecule has 31 heavy (non-hydrogen) atoms. The number of nitro benzene ring substituents is 1. The first-order chi connectivity index (χ1) is 14.7. The van der Waals surface area contributed by atoms with Crippen molar-refractivity contribution in [2.75, 3.05) is 25.1 Å². The molecule has 11 nitrogen and oxygen atoms in total. The van der Waals surface area contributed by atoms with Crippen LogP contribution >= 0.6 is 0 Å². The summed E-state index contributed by atoms with van der Waals surface area (Å²) in [6.07, 6.45) is 1.31. The number of nitrogens with zero attached hydrogens (tertiary/aromatic N) is 3. The van der Waals surface area contributed by atoms with Crippen LogP contribution in [-0.2, 0) is 14.8 Å². The van der Waals surface area contributed by atoms with Crippen LogP contribution in [0.5, 0.6) is 5.75 Å². The van der Waals surface area contributed by atoms with Crippen molar-refractivity contribution in [2.24, 2.45) is 5.10 Å². The average Bonchev–Trinajstić information content (AvgIpc) is 2.73. The Morgan fingerprint density at radius 2 is 1.94 bits per heavy atom. The number of anilines is 1. The van der Waals surface area contributed by atoms with Gasteiger partial charge in [0.15, 0.2) is 6.61 Å². The van der Waals surface area contributed by atoms with Gasteiger partial charge < -0.3 is 9.84 Å². The zero-order valence-corrected chi connectivity index (χ0v) is 17.7. The lowest BCUT2D eigenvalue weighted by molar-refractivity contribution is -0.384. The highest BCUT2D eigenvalue weighted by Crippen LogP contribution is 2.29. The topological polar surface area (TPSA) is 151 Å². The van der Waals surface area contributed by atoms with Crippen LogP contribution < -0.4 is 10.2 Å². The molecule has 0 spiro atoms. The maximum atomic E-state index is 12.6. The van der Waals surface area contributed by atoms with Crippen molar-refractivity contribution in [3.8, 4) is 5.75 Å². The summed E-state index contributed by atoms with van der Waals surface area (Å²) in [5.74, 6) is -0.870. The number of aliphatic carboxylic acids is 1. The molecule has 2 N–H and O–H groups in total. The molecule has 0 amide bonds. The summed E-state index contributed by atoms with van der Waals surface area (Å²) in [5.41, 5.74) is 2.49. The van der Waals surface area contributed by atoms with E-state index in [9.17, 15) is 23.3 Å². The van der Waals surface area contributed by atoms with E-state index in [4.69, 9.17) is 9.84 Å². The van der Waals surface area contributed by atoms with Crippen LogP contribution in [-0.4, -0.2) is 54.6 Å². The Bertz CT molecular complexity index is 1080. The molecule has 0 unspecified atom stereocenters. The van der Waals surface area contributed by atoms with Gasteiger partial charge in [-0.3, -0.25) is 15.5 Å². The van der Waals surface area contributed by atoms with Crippen molar-refractivity contribution in [3.05, 3.63) is 58.1 Å². The lowest BCUT2D eigenvalue weighted by Gasteiger charge is -2.18. The second-order valence-corrected chi connectivity index (χ2v) is 8.05. The van der Waals surface area contributed by atoms with E-state index in [1.165, 1.54) is 22.7 Å². The fourth-order valence-electron chi connectivity index (χ4n) is 2.66. The van der Waals surface area contributed by atoms with Crippen molar-refractivity contribution in [2.45, 2.75) is 18.7 Å². The Morgan fingerprint density at radius 3 is 2.55 bits per heavy atom. The number of para-hydroxylation sites is 1. The van der Waals surface area contributed by atoms with E-state index in [1.54, 1.807) is 38.1 Å². The van der Waals surface area contributed by atoms with Crippen LogP contribution in [0, 0.1) is 10.1 Å². The number of carboxylic acids is 1. The monoisotopic (exact) mass is 450 g/mol. The van der Waals surface area contributed by atoms with Gasteiger partial charge in [0.2, 0.25) is 10.0 Å². The van der Waals surface area contributed by atoms with Crippen LogP contribution in [0.3, 0.4) is 0 Å². The van der Waals surface area contributed by atoms with Gasteiger partial charge in [-0.05, 0) is 24.3 Å². The highest BCUT2D eigenvalue weighted by Gasteiger charge is 2.25. The lowest BCUT2D eigenvalue weighted by atomic mass is 10.2. The zero-order chi connectivity index (χ0) is 23.0. The molecule has 0 atom stereocenters. The van der Waals surface area contributed by atoms with Gasteiger partial charge in [-0.15, -0.1) is 0 Å². The number of nitro groups is 1. The average molecular weight is 450 g/mol. The fourth-order valence-corrected chi connectivity index (χ4v) is 4.14. The molecule has 0 aliphatic carbocycles. The van der Waals surface area contributed by atoms with Crippen LogP contribution in [0.4, 0.5) is 11.4 Å². The molecule has 0 aliphatic heterocycles. The smallest absolute Gasteiger partial charge is 0.341 e. The van der Waals surface area contributed by atoms with Crippen molar-refractivity contribution in [1.82, 2.24) is 4.31 Å². The molecule has 0 saturated heterocycles. The minimum atomic E-state index is -3.86. The molecular formula is C19H22N4O7S. The fraction of sp³-hybridized carbons (Fsp3) is 0.263. The number of carbonyl (C=O) groups is 1. The Balaban J connectivity index is 2.29. The van der Waals surface area contributed by atoms with Gasteiger partial charge in [-0.1, -0.05) is 26.0 Å². The van der Waals surface area contributed by atoms with Crippen LogP contribution in [0.15, 0.2) is 52.5 Å². The van der Waals surface area contributed by atoms with E-state index in [2.05, 4.69) is 10.5 Å². The number of sulfonamides is 1. The number of hydrazone groups is 1. The number of carboxylic acid groups (broad SMARTS) is 1. The number of nitrogens with one attached hydrogen (secondary N) is 1. The van der Waals surface area contributed by atoms with Crippen molar-refractivity contribution in [3.63, 3.8) is 0 Å². The van der Waals surface area contributed by atoms with Gasteiger partial charge in [0.25, 0.3) is 5.69 Å². The largest absolute Gasteiger partial charge is 0.481 e. The normalized spacial score (nSPS) is 11.6. The van der Waals surface area contributed by atoms with Gasteiger partial charge in [-0.25, -0.2) is 13.2 Å². The molecule has 0 radical (unpaired) electrons. The third-order valence-corrected chi connectivity index (χ3v) is 6.21. The quantitative estimate of drug-likeness (QED) is 0.301. The predicted octanol–water partition coefficient (Wildman–Crippen LogP) is 2.53. The van der Waals surface area contributed by atoms with Crippen LogP contribution in [0.2, 0.25) is 0 Å². The Labute approximate surface area is 179 Å². The van der Waals surface area contributed by atoms with Crippen molar-refractivity contribution >= 4 is 33.6 Å². The second kappa shape index (κ2) is 10.5. The van der Waals surface area contributed by atoms with E-state index in [0.29, 0.717) is 5.56 Å². The van der Waals surface area contributed by atoms with Crippen molar-refractivity contribution < 1.29 is 28.0 Å². The first-order valence-corrected chi connectivity index (χ1v) is 10.7. The molecule has 0 bridgehead atoms. The highest BCUT2D eigenvalue weighted by molar-refractivity contribution is 7.89. The standard InChI is InChI=1S/C19H22N4O7S/c1-3-22(4-2)31(28,29)15-9-10-16(17(11-15)23(26)27)21-20-12-14-7-5-6-8-18(14)30-13-19(24)25/h5-12,21H,3-4,13H2,1-2H3,(H,24,25)/b20-12-. The van der Waals surface area contributed by atoms with E-state index in [1.807, 2.05) is 0 Å². The summed E-state index contributed by atoms with van der Waals surface area (Å²) in [6.45, 7) is 3.29. The molecule has 2 aromatic rings. The van der Waals surface area contributed by atoms with Crippen molar-refractivity contribution in [1.29, 1.82) is 0 Å². The van der Waals surface area contributed by atoms with E-state index in [-0.39, 0.29) is 29.4 Å². The zero-order valence-electron chi connectivity index (χ0n) is 16.9. The molecule has 0 saturated carbocycles. The molecule has 0 aliphatic rings. The summed E-state index contributed by atoms with van der Waals surface area (Å²) in [5, 5.41) is 24.1. The summed E-state index contributed by atoms with van der Waals surface area (Å²) in [7, 11) is -3.86. The summed E-state index contributed by atoms with van der Waals surface area (Å²) >= 11 is 0. The number of hydrogen-bond donors (Lipinski definition) is 2. The lowest BCUT2D eigenvalue weighted by Crippen LogP contribution is -2.30. The minimum Gasteiger partial charge on any atom is -0.481 e. The summed E-state index contributed by atoms with van der Waals surface area (Å²) in [6, 6.07) is 10.0. The predicted molar refractivity (Wildman–Crippen MR) is 114 cm³/mol. The molecule has 166 valence electrons. The SMILES string of the molecule is CCN(CC)S(=O)(=O)c1ccc(N/N=C\c2ccccc2OCC(=O)O)c([N+](=O)[O-])c1. The maximum absolute atomic E-state index is 12.6. The Morgan fingerprint density at radius 1 is 1.26 bits per heavy atom. The molecular weight excluding hydrogens is 428 g/mol. The van der Waals surface area contributed by atoms with Gasteiger partial charge in [-0.2, -0.15) is 9.41 Å². The first kappa shape index (κ1) is 23.8. The van der Waals surface area contributed by atoms with Crippen LogP contribution in [0.25, 0.3) is 0 Å². The third kappa shape index (κ3) is 5.99. The number of rotatable bonds is 11.